The summed E-state index contributed by atoms with van der Waals surface area (Å²) in [5.74, 6) is -0.875. The third-order valence-corrected chi connectivity index (χ3v) is 13.1. The summed E-state index contributed by atoms with van der Waals surface area (Å²) in [4.78, 5) is 38.2. The van der Waals surface area contributed by atoms with E-state index in [4.69, 9.17) is 14.2 Å². The van der Waals surface area contributed by atoms with Gasteiger partial charge in [-0.05, 0) is 70.6 Å². The Morgan fingerprint density at radius 3 is 0.881 bits per heavy atom. The van der Waals surface area contributed by atoms with E-state index in [2.05, 4.69) is 57.2 Å². The minimum absolute atomic E-state index is 0.0747. The molecule has 0 radical (unpaired) electrons. The van der Waals surface area contributed by atoms with E-state index < -0.39 is 6.10 Å². The van der Waals surface area contributed by atoms with Gasteiger partial charge in [-0.1, -0.05) is 263 Å². The second-order valence-electron chi connectivity index (χ2n) is 19.9. The number of carbonyl (C=O) groups excluding carboxylic acids is 3. The Balaban J connectivity index is 4.34. The molecule has 0 unspecified atom stereocenters. The molecule has 0 N–H and O–H groups in total. The number of esters is 3. The van der Waals surface area contributed by atoms with Crippen LogP contribution in [0.4, 0.5) is 0 Å². The van der Waals surface area contributed by atoms with Crippen LogP contribution in [0.5, 0.6) is 0 Å². The SMILES string of the molecule is CCCC/C=C/C/C=C/CCCCCCCC(=O)OC[C@H](COC(=O)CCCCCCCCCCCCCCCCCCCC)OC(=O)CCCCCCCCC/C=C/CCCCCCCC. The van der Waals surface area contributed by atoms with Gasteiger partial charge in [-0.25, -0.2) is 0 Å². The molecule has 0 amide bonds. The van der Waals surface area contributed by atoms with Crippen molar-refractivity contribution in [2.45, 2.75) is 322 Å². The summed E-state index contributed by atoms with van der Waals surface area (Å²) in [5, 5.41) is 0. The Morgan fingerprint density at radius 2 is 0.552 bits per heavy atom. The Kier molecular flexibility index (Phi) is 54.2. The number of allylic oxidation sites excluding steroid dienone is 6. The molecule has 0 heterocycles. The van der Waals surface area contributed by atoms with Crippen molar-refractivity contribution >= 4 is 17.9 Å². The van der Waals surface area contributed by atoms with Crippen molar-refractivity contribution in [1.29, 1.82) is 0 Å². The molecule has 0 saturated carbocycles. The molecule has 0 bridgehead atoms. The first-order valence-corrected chi connectivity index (χ1v) is 29.5. The molecule has 0 saturated heterocycles. The average Bonchev–Trinajstić information content (AvgIpc) is 3.33. The molecule has 67 heavy (non-hydrogen) atoms. The third kappa shape index (κ3) is 54.4. The van der Waals surface area contributed by atoms with Crippen LogP contribution in [-0.2, 0) is 28.6 Å². The molecule has 392 valence electrons. The van der Waals surface area contributed by atoms with E-state index in [1.165, 1.54) is 199 Å². The van der Waals surface area contributed by atoms with Crippen molar-refractivity contribution in [1.82, 2.24) is 0 Å². The van der Waals surface area contributed by atoms with E-state index in [9.17, 15) is 14.4 Å². The third-order valence-electron chi connectivity index (χ3n) is 13.1. The number of hydrogen-bond donors (Lipinski definition) is 0. The van der Waals surface area contributed by atoms with Gasteiger partial charge in [0.1, 0.15) is 13.2 Å². The molecule has 0 aliphatic heterocycles. The van der Waals surface area contributed by atoms with E-state index in [1.54, 1.807) is 0 Å². The minimum Gasteiger partial charge on any atom is -0.462 e. The van der Waals surface area contributed by atoms with Crippen LogP contribution in [-0.4, -0.2) is 37.2 Å². The molecule has 6 heteroatoms. The predicted octanol–water partition coefficient (Wildman–Crippen LogP) is 19.7. The largest absolute Gasteiger partial charge is 0.462 e. The Labute approximate surface area is 416 Å². The highest BCUT2D eigenvalue weighted by Gasteiger charge is 2.19. The van der Waals surface area contributed by atoms with Crippen LogP contribution in [0.3, 0.4) is 0 Å². The van der Waals surface area contributed by atoms with Gasteiger partial charge in [-0.15, -0.1) is 0 Å². The van der Waals surface area contributed by atoms with Crippen LogP contribution >= 0.6 is 0 Å². The Bertz CT molecular complexity index is 1130. The first-order chi connectivity index (χ1) is 33.0. The average molecular weight is 942 g/mol. The summed E-state index contributed by atoms with van der Waals surface area (Å²) in [6.07, 6.45) is 67.0. The van der Waals surface area contributed by atoms with Gasteiger partial charge in [0, 0.05) is 19.3 Å². The van der Waals surface area contributed by atoms with Crippen molar-refractivity contribution in [3.05, 3.63) is 36.5 Å². The number of hydrogen-bond acceptors (Lipinski definition) is 6. The fourth-order valence-electron chi connectivity index (χ4n) is 8.63. The van der Waals surface area contributed by atoms with E-state index in [-0.39, 0.29) is 31.1 Å². The highest BCUT2D eigenvalue weighted by atomic mass is 16.6. The van der Waals surface area contributed by atoms with Crippen molar-refractivity contribution in [3.8, 4) is 0 Å². The lowest BCUT2D eigenvalue weighted by Crippen LogP contribution is -2.30. The maximum Gasteiger partial charge on any atom is 0.306 e. The summed E-state index contributed by atoms with van der Waals surface area (Å²) >= 11 is 0. The molecule has 0 aliphatic rings. The van der Waals surface area contributed by atoms with Gasteiger partial charge in [0.25, 0.3) is 0 Å². The minimum atomic E-state index is -0.777. The lowest BCUT2D eigenvalue weighted by Gasteiger charge is -2.18. The molecule has 0 aliphatic carbocycles. The molecule has 0 aromatic rings. The summed E-state index contributed by atoms with van der Waals surface area (Å²) in [7, 11) is 0. The van der Waals surface area contributed by atoms with Crippen LogP contribution in [0, 0.1) is 0 Å². The Hall–Kier alpha value is -2.37. The lowest BCUT2D eigenvalue weighted by molar-refractivity contribution is -0.167. The zero-order valence-corrected chi connectivity index (χ0v) is 44.9. The molecular weight excluding hydrogens is 829 g/mol. The van der Waals surface area contributed by atoms with E-state index >= 15 is 0 Å². The highest BCUT2D eigenvalue weighted by molar-refractivity contribution is 5.71. The maximum absolute atomic E-state index is 12.9. The van der Waals surface area contributed by atoms with Gasteiger partial charge < -0.3 is 14.2 Å². The normalized spacial score (nSPS) is 12.2. The number of ether oxygens (including phenoxy) is 3. The zero-order valence-electron chi connectivity index (χ0n) is 44.9. The molecule has 6 nitrogen and oxygen atoms in total. The van der Waals surface area contributed by atoms with Crippen LogP contribution in [0.1, 0.15) is 316 Å². The molecule has 0 spiro atoms. The van der Waals surface area contributed by atoms with E-state index in [0.717, 1.165) is 77.0 Å². The quantitative estimate of drug-likeness (QED) is 0.0262. The van der Waals surface area contributed by atoms with Gasteiger partial charge in [0.2, 0.25) is 0 Å². The zero-order chi connectivity index (χ0) is 48.6. The molecule has 0 rings (SSSR count). The van der Waals surface area contributed by atoms with Crippen LogP contribution in [0.25, 0.3) is 0 Å². The summed E-state index contributed by atoms with van der Waals surface area (Å²) in [6.45, 7) is 6.63. The molecular formula is C61H112O6. The molecule has 0 aromatic heterocycles. The molecule has 0 aromatic carbocycles. The Morgan fingerprint density at radius 1 is 0.299 bits per heavy atom. The fourth-order valence-corrected chi connectivity index (χ4v) is 8.63. The molecule has 1 atom stereocenters. The van der Waals surface area contributed by atoms with Gasteiger partial charge in [0.15, 0.2) is 6.10 Å². The summed E-state index contributed by atoms with van der Waals surface area (Å²) < 4.78 is 16.9. The van der Waals surface area contributed by atoms with Gasteiger partial charge in [-0.2, -0.15) is 0 Å². The van der Waals surface area contributed by atoms with E-state index in [0.29, 0.717) is 19.3 Å². The topological polar surface area (TPSA) is 78.9 Å². The summed E-state index contributed by atoms with van der Waals surface area (Å²) in [6, 6.07) is 0. The standard InChI is InChI=1S/C61H112O6/c1-4-7-10-13-16-19-22-25-28-30-32-33-36-39-42-45-48-51-54-60(63)66-57-58(56-65-59(62)53-50-47-44-41-38-35-27-24-21-18-15-12-9-6-3)67-61(64)55-52-49-46-43-40-37-34-31-29-26-23-20-17-14-11-8-5-2/h15,18,24,26-27,29,58H,4-14,16-17,19-23,25,28,30-57H2,1-3H3/b18-15+,27-24+,29-26+/t58-/m1/s1. The second-order valence-corrected chi connectivity index (χ2v) is 19.9. The first kappa shape index (κ1) is 64.6. The van der Waals surface area contributed by atoms with Crippen molar-refractivity contribution in [2.24, 2.45) is 0 Å². The van der Waals surface area contributed by atoms with Crippen molar-refractivity contribution < 1.29 is 28.6 Å². The first-order valence-electron chi connectivity index (χ1n) is 29.5. The van der Waals surface area contributed by atoms with Crippen molar-refractivity contribution in [3.63, 3.8) is 0 Å². The highest BCUT2D eigenvalue weighted by Crippen LogP contribution is 2.17. The fraction of sp³-hybridized carbons (Fsp3) is 0.852. The monoisotopic (exact) mass is 941 g/mol. The predicted molar refractivity (Wildman–Crippen MR) is 289 cm³/mol. The number of rotatable bonds is 54. The summed E-state index contributed by atoms with van der Waals surface area (Å²) in [5.41, 5.74) is 0. The van der Waals surface area contributed by atoms with E-state index in [1.807, 2.05) is 0 Å². The number of carbonyl (C=O) groups is 3. The van der Waals surface area contributed by atoms with Crippen LogP contribution in [0.2, 0.25) is 0 Å². The van der Waals surface area contributed by atoms with Crippen molar-refractivity contribution in [2.75, 3.05) is 13.2 Å². The maximum atomic E-state index is 12.9. The lowest BCUT2D eigenvalue weighted by atomic mass is 10.0. The second kappa shape index (κ2) is 56.2. The van der Waals surface area contributed by atoms with Gasteiger partial charge in [-0.3, -0.25) is 14.4 Å². The van der Waals surface area contributed by atoms with Crippen LogP contribution < -0.4 is 0 Å². The smallest absolute Gasteiger partial charge is 0.306 e. The van der Waals surface area contributed by atoms with Crippen LogP contribution in [0.15, 0.2) is 36.5 Å². The van der Waals surface area contributed by atoms with Gasteiger partial charge in [0.05, 0.1) is 0 Å². The number of unbranched alkanes of at least 4 members (excludes halogenated alkanes) is 37. The van der Waals surface area contributed by atoms with Gasteiger partial charge >= 0.3 is 17.9 Å². The molecule has 0 fully saturated rings.